The number of benzene rings is 1. The minimum absolute atomic E-state index is 0.0881. The molecule has 0 bridgehead atoms. The predicted octanol–water partition coefficient (Wildman–Crippen LogP) is 1.10. The summed E-state index contributed by atoms with van der Waals surface area (Å²) in [5.74, 6) is -4.08. The molecule has 0 aliphatic carbocycles. The van der Waals surface area contributed by atoms with Crippen LogP contribution in [0.2, 0.25) is 0 Å². The van der Waals surface area contributed by atoms with Crippen molar-refractivity contribution in [1.29, 1.82) is 0 Å². The second-order valence-corrected chi connectivity index (χ2v) is 3.90. The lowest BCUT2D eigenvalue weighted by Gasteiger charge is -2.14. The topological polar surface area (TPSA) is 75.6 Å². The maximum Gasteiger partial charge on any atom is 0.328 e. The van der Waals surface area contributed by atoms with Crippen molar-refractivity contribution in [2.45, 2.75) is 13.0 Å². The van der Waals surface area contributed by atoms with Crippen molar-refractivity contribution in [2.75, 3.05) is 13.7 Å². The van der Waals surface area contributed by atoms with E-state index in [1.165, 1.54) is 14.0 Å². The molecule has 1 unspecified atom stereocenters. The lowest BCUT2D eigenvalue weighted by molar-refractivity contribution is -0.140. The van der Waals surface area contributed by atoms with Crippen LogP contribution in [0.5, 0.6) is 0 Å². The summed E-state index contributed by atoms with van der Waals surface area (Å²) < 4.78 is 31.1. The summed E-state index contributed by atoms with van der Waals surface area (Å²) in [4.78, 5) is 22.5. The first kappa shape index (κ1) is 15.0. The van der Waals surface area contributed by atoms with E-state index in [9.17, 15) is 18.4 Å². The molecular formula is C12H13F2NO4. The third-order valence-electron chi connectivity index (χ3n) is 2.43. The monoisotopic (exact) mass is 273 g/mol. The highest BCUT2D eigenvalue weighted by Gasteiger charge is 2.22. The van der Waals surface area contributed by atoms with E-state index in [1.54, 1.807) is 0 Å². The number of nitrogens with one attached hydrogen (secondary N) is 1. The molecular weight excluding hydrogens is 260 g/mol. The van der Waals surface area contributed by atoms with Crippen LogP contribution in [0.3, 0.4) is 0 Å². The Kier molecular flexibility index (Phi) is 4.94. The van der Waals surface area contributed by atoms with Gasteiger partial charge in [0.15, 0.2) is 6.04 Å². The fraction of sp³-hybridized carbons (Fsp3) is 0.333. The van der Waals surface area contributed by atoms with Crippen LogP contribution in [-0.4, -0.2) is 36.7 Å². The summed E-state index contributed by atoms with van der Waals surface area (Å²) in [6.07, 6.45) is 0. The molecule has 1 rings (SSSR count). The largest absolute Gasteiger partial charge is 0.480 e. The van der Waals surface area contributed by atoms with Gasteiger partial charge in [0.2, 0.25) is 0 Å². The van der Waals surface area contributed by atoms with Gasteiger partial charge >= 0.3 is 5.97 Å². The van der Waals surface area contributed by atoms with Gasteiger partial charge in [-0.05, 0) is 18.6 Å². The molecule has 1 aromatic rings. The number of carboxylic acids is 1. The number of carbonyl (C=O) groups excluding carboxylic acids is 1. The van der Waals surface area contributed by atoms with Crippen molar-refractivity contribution < 1.29 is 28.2 Å². The molecule has 0 saturated carbocycles. The Morgan fingerprint density at radius 3 is 2.53 bits per heavy atom. The van der Waals surface area contributed by atoms with Crippen LogP contribution < -0.4 is 5.32 Å². The second kappa shape index (κ2) is 6.24. The lowest BCUT2D eigenvalue weighted by Crippen LogP contribution is -2.44. The molecule has 1 atom stereocenters. The molecule has 0 aliphatic rings. The Bertz CT molecular complexity index is 505. The van der Waals surface area contributed by atoms with Gasteiger partial charge in [0.25, 0.3) is 5.91 Å². The fourth-order valence-electron chi connectivity index (χ4n) is 1.41. The van der Waals surface area contributed by atoms with Gasteiger partial charge in [0, 0.05) is 13.2 Å². The quantitative estimate of drug-likeness (QED) is 0.842. The smallest absolute Gasteiger partial charge is 0.328 e. The number of methoxy groups -OCH3 is 1. The number of rotatable bonds is 5. The van der Waals surface area contributed by atoms with E-state index in [0.29, 0.717) is 6.07 Å². The van der Waals surface area contributed by atoms with E-state index < -0.39 is 35.1 Å². The van der Waals surface area contributed by atoms with E-state index in [4.69, 9.17) is 5.11 Å². The van der Waals surface area contributed by atoms with Crippen LogP contribution >= 0.6 is 0 Å². The molecule has 0 fully saturated rings. The zero-order chi connectivity index (χ0) is 14.6. The molecule has 0 aromatic heterocycles. The summed E-state index contributed by atoms with van der Waals surface area (Å²) in [6.45, 7) is 1.11. The number of amides is 1. The zero-order valence-electron chi connectivity index (χ0n) is 10.4. The van der Waals surface area contributed by atoms with Crippen molar-refractivity contribution in [3.8, 4) is 0 Å². The van der Waals surface area contributed by atoms with Gasteiger partial charge < -0.3 is 15.2 Å². The van der Waals surface area contributed by atoms with Crippen molar-refractivity contribution in [1.82, 2.24) is 5.32 Å². The summed E-state index contributed by atoms with van der Waals surface area (Å²) in [5.41, 5.74) is -0.327. The average Bonchev–Trinajstić information content (AvgIpc) is 2.32. The summed E-state index contributed by atoms with van der Waals surface area (Å²) >= 11 is 0. The maximum absolute atomic E-state index is 13.4. The number of carboxylic acid groups (broad SMARTS) is 1. The van der Waals surface area contributed by atoms with Gasteiger partial charge in [-0.2, -0.15) is 0 Å². The van der Waals surface area contributed by atoms with Crippen molar-refractivity contribution in [2.24, 2.45) is 0 Å². The molecule has 0 radical (unpaired) electrons. The Balaban J connectivity index is 2.94. The number of hydrogen-bond donors (Lipinski definition) is 2. The predicted molar refractivity (Wildman–Crippen MR) is 61.9 cm³/mol. The van der Waals surface area contributed by atoms with Crippen LogP contribution in [0.15, 0.2) is 12.1 Å². The number of carbonyl (C=O) groups is 2. The van der Waals surface area contributed by atoms with E-state index >= 15 is 0 Å². The molecule has 0 heterocycles. The van der Waals surface area contributed by atoms with Gasteiger partial charge in [0.1, 0.15) is 11.6 Å². The van der Waals surface area contributed by atoms with E-state index in [-0.39, 0.29) is 12.2 Å². The highest BCUT2D eigenvalue weighted by molar-refractivity contribution is 5.97. The summed E-state index contributed by atoms with van der Waals surface area (Å²) in [5, 5.41) is 10.9. The molecule has 0 saturated heterocycles. The maximum atomic E-state index is 13.4. The number of aliphatic carboxylic acids is 1. The van der Waals surface area contributed by atoms with Crippen LogP contribution in [0, 0.1) is 18.6 Å². The number of aryl methyl sites for hydroxylation is 1. The molecule has 104 valence electrons. The van der Waals surface area contributed by atoms with Gasteiger partial charge in [-0.3, -0.25) is 4.79 Å². The Labute approximate surface area is 108 Å². The van der Waals surface area contributed by atoms with Gasteiger partial charge in [-0.15, -0.1) is 0 Å². The number of ether oxygens (including phenoxy) is 1. The first-order valence-corrected chi connectivity index (χ1v) is 5.35. The molecule has 1 amide bonds. The third kappa shape index (κ3) is 3.72. The average molecular weight is 273 g/mol. The fourth-order valence-corrected chi connectivity index (χ4v) is 1.41. The lowest BCUT2D eigenvalue weighted by atomic mass is 10.1. The normalized spacial score (nSPS) is 12.0. The Morgan fingerprint density at radius 2 is 2.00 bits per heavy atom. The van der Waals surface area contributed by atoms with Gasteiger partial charge in [-0.25, -0.2) is 13.6 Å². The van der Waals surface area contributed by atoms with Crippen LogP contribution in [-0.2, 0) is 9.53 Å². The van der Waals surface area contributed by atoms with Crippen LogP contribution in [0.1, 0.15) is 15.9 Å². The first-order chi connectivity index (χ1) is 8.86. The van der Waals surface area contributed by atoms with E-state index in [1.807, 2.05) is 0 Å². The van der Waals surface area contributed by atoms with Crippen LogP contribution in [0.4, 0.5) is 8.78 Å². The molecule has 2 N–H and O–H groups in total. The van der Waals surface area contributed by atoms with Crippen LogP contribution in [0.25, 0.3) is 0 Å². The minimum atomic E-state index is -1.31. The number of hydrogen-bond acceptors (Lipinski definition) is 3. The standard InChI is InChI=1S/C12H13F2NO4/c1-6-3-7(9(14)4-8(6)13)11(16)15-10(5-19-2)12(17)18/h3-4,10H,5H2,1-2H3,(H,15,16)(H,17,18). The van der Waals surface area contributed by atoms with Crippen molar-refractivity contribution in [3.63, 3.8) is 0 Å². The van der Waals surface area contributed by atoms with Crippen molar-refractivity contribution in [3.05, 3.63) is 34.9 Å². The molecule has 0 aliphatic heterocycles. The van der Waals surface area contributed by atoms with E-state index in [2.05, 4.69) is 10.1 Å². The van der Waals surface area contributed by atoms with Crippen molar-refractivity contribution >= 4 is 11.9 Å². The highest BCUT2D eigenvalue weighted by atomic mass is 19.1. The molecule has 5 nitrogen and oxygen atoms in total. The third-order valence-corrected chi connectivity index (χ3v) is 2.43. The molecule has 7 heteroatoms. The SMILES string of the molecule is COCC(NC(=O)c1cc(C)c(F)cc1F)C(=O)O. The first-order valence-electron chi connectivity index (χ1n) is 5.35. The second-order valence-electron chi connectivity index (χ2n) is 3.90. The summed E-state index contributed by atoms with van der Waals surface area (Å²) in [6, 6.07) is 0.296. The van der Waals surface area contributed by atoms with E-state index in [0.717, 1.165) is 6.07 Å². The molecule has 19 heavy (non-hydrogen) atoms. The highest BCUT2D eigenvalue weighted by Crippen LogP contribution is 2.14. The zero-order valence-corrected chi connectivity index (χ0v) is 10.4. The van der Waals surface area contributed by atoms with Gasteiger partial charge in [-0.1, -0.05) is 0 Å². The minimum Gasteiger partial charge on any atom is -0.480 e. The summed E-state index contributed by atoms with van der Waals surface area (Å²) in [7, 11) is 1.27. The number of halogens is 2. The molecule has 1 aromatic carbocycles. The van der Waals surface area contributed by atoms with Gasteiger partial charge in [0.05, 0.1) is 12.2 Å². The Hall–Kier alpha value is -2.02. The molecule has 0 spiro atoms. The Morgan fingerprint density at radius 1 is 1.37 bits per heavy atom.